The summed E-state index contributed by atoms with van der Waals surface area (Å²) in [5.41, 5.74) is 1.25. The summed E-state index contributed by atoms with van der Waals surface area (Å²) in [6.45, 7) is 5.32. The van der Waals surface area contributed by atoms with Gasteiger partial charge in [0.1, 0.15) is 5.75 Å². The number of hydrogen-bond acceptors (Lipinski definition) is 2. The number of halogens is 1. The summed E-state index contributed by atoms with van der Waals surface area (Å²) in [6.07, 6.45) is 3.59. The first-order valence-corrected chi connectivity index (χ1v) is 6.67. The van der Waals surface area contributed by atoms with Crippen LogP contribution in [-0.4, -0.2) is 13.7 Å². The van der Waals surface area contributed by atoms with Crippen molar-refractivity contribution in [2.24, 2.45) is 0 Å². The summed E-state index contributed by atoms with van der Waals surface area (Å²) in [7, 11) is 1.65. The van der Waals surface area contributed by atoms with Gasteiger partial charge in [0, 0.05) is 6.04 Å². The van der Waals surface area contributed by atoms with Gasteiger partial charge in [-0.25, -0.2) is 0 Å². The van der Waals surface area contributed by atoms with E-state index in [0.717, 1.165) is 18.7 Å². The van der Waals surface area contributed by atoms with E-state index in [2.05, 4.69) is 25.2 Å². The molecule has 0 amide bonds. The summed E-state index contributed by atoms with van der Waals surface area (Å²) >= 11 is 6.04. The van der Waals surface area contributed by atoms with Crippen molar-refractivity contribution < 1.29 is 4.74 Å². The predicted octanol–water partition coefficient (Wildman–Crippen LogP) is 4.19. The molecule has 1 aromatic rings. The fourth-order valence-corrected chi connectivity index (χ4v) is 2.13. The van der Waals surface area contributed by atoms with Crippen LogP contribution in [0.5, 0.6) is 5.75 Å². The van der Waals surface area contributed by atoms with E-state index in [1.54, 1.807) is 7.11 Å². The van der Waals surface area contributed by atoms with Crippen LogP contribution in [0.2, 0.25) is 5.02 Å². The molecule has 0 aliphatic rings. The second-order valence-electron chi connectivity index (χ2n) is 4.15. The highest BCUT2D eigenvalue weighted by Gasteiger charge is 2.11. The molecule has 0 aliphatic heterocycles. The van der Waals surface area contributed by atoms with E-state index in [1.165, 1.54) is 18.4 Å². The van der Waals surface area contributed by atoms with Crippen molar-refractivity contribution in [2.45, 2.75) is 39.2 Å². The predicted molar refractivity (Wildman–Crippen MR) is 73.9 cm³/mol. The molecule has 1 aromatic carbocycles. The van der Waals surface area contributed by atoms with Crippen LogP contribution >= 0.6 is 11.6 Å². The number of rotatable bonds is 7. The monoisotopic (exact) mass is 255 g/mol. The molecule has 0 heterocycles. The van der Waals surface area contributed by atoms with Crippen LogP contribution in [-0.2, 0) is 0 Å². The van der Waals surface area contributed by atoms with Crippen molar-refractivity contribution in [3.63, 3.8) is 0 Å². The Balaban J connectivity index is 2.85. The smallest absolute Gasteiger partial charge is 0.137 e. The van der Waals surface area contributed by atoms with Gasteiger partial charge >= 0.3 is 0 Å². The van der Waals surface area contributed by atoms with Gasteiger partial charge in [-0.05, 0) is 30.7 Å². The Morgan fingerprint density at radius 1 is 1.35 bits per heavy atom. The van der Waals surface area contributed by atoms with Crippen LogP contribution in [0.25, 0.3) is 0 Å². The molecular weight excluding hydrogens is 234 g/mol. The fourth-order valence-electron chi connectivity index (χ4n) is 1.93. The summed E-state index contributed by atoms with van der Waals surface area (Å²) in [4.78, 5) is 0. The van der Waals surface area contributed by atoms with E-state index >= 15 is 0 Å². The zero-order chi connectivity index (χ0) is 12.7. The van der Waals surface area contributed by atoms with Crippen molar-refractivity contribution >= 4 is 11.6 Å². The Morgan fingerprint density at radius 3 is 2.71 bits per heavy atom. The fraction of sp³-hybridized carbons (Fsp3) is 0.571. The summed E-state index contributed by atoms with van der Waals surface area (Å²) in [5.74, 6) is 0.753. The lowest BCUT2D eigenvalue weighted by Crippen LogP contribution is -2.20. The van der Waals surface area contributed by atoms with Crippen molar-refractivity contribution in [1.29, 1.82) is 0 Å². The molecule has 2 nitrogen and oxygen atoms in total. The van der Waals surface area contributed by atoms with Gasteiger partial charge in [-0.1, -0.05) is 44.4 Å². The van der Waals surface area contributed by atoms with Gasteiger partial charge in [0.2, 0.25) is 0 Å². The van der Waals surface area contributed by atoms with Crippen LogP contribution in [0.1, 0.15) is 44.7 Å². The maximum atomic E-state index is 6.04. The molecule has 0 aliphatic carbocycles. The maximum absolute atomic E-state index is 6.04. The molecule has 0 fully saturated rings. The quantitative estimate of drug-likeness (QED) is 0.789. The average Bonchev–Trinajstić information content (AvgIpc) is 2.35. The van der Waals surface area contributed by atoms with Crippen molar-refractivity contribution in [3.05, 3.63) is 28.8 Å². The van der Waals surface area contributed by atoms with Gasteiger partial charge in [0.05, 0.1) is 12.1 Å². The zero-order valence-corrected chi connectivity index (χ0v) is 11.7. The van der Waals surface area contributed by atoms with Crippen LogP contribution < -0.4 is 10.1 Å². The van der Waals surface area contributed by atoms with E-state index in [0.29, 0.717) is 11.1 Å². The lowest BCUT2D eigenvalue weighted by molar-refractivity contribution is 0.412. The first kappa shape index (κ1) is 14.3. The molecule has 96 valence electrons. The average molecular weight is 256 g/mol. The summed E-state index contributed by atoms with van der Waals surface area (Å²) in [5, 5.41) is 4.17. The highest BCUT2D eigenvalue weighted by molar-refractivity contribution is 6.32. The SMILES string of the molecule is CCCCC(NCC)c1ccc(Cl)c(OC)c1. The number of methoxy groups -OCH3 is 1. The normalized spacial score (nSPS) is 12.5. The van der Waals surface area contributed by atoms with E-state index in [-0.39, 0.29) is 0 Å². The first-order valence-electron chi connectivity index (χ1n) is 6.29. The molecular formula is C14H22ClNO. The van der Waals surface area contributed by atoms with Crippen molar-refractivity contribution in [2.75, 3.05) is 13.7 Å². The number of unbranched alkanes of at least 4 members (excludes halogenated alkanes) is 1. The highest BCUT2D eigenvalue weighted by atomic mass is 35.5. The van der Waals surface area contributed by atoms with Gasteiger partial charge in [-0.15, -0.1) is 0 Å². The molecule has 0 saturated heterocycles. The first-order chi connectivity index (χ1) is 8.22. The molecule has 0 radical (unpaired) electrons. The molecule has 17 heavy (non-hydrogen) atoms. The number of benzene rings is 1. The molecule has 1 N–H and O–H groups in total. The molecule has 1 rings (SSSR count). The molecule has 0 spiro atoms. The Hall–Kier alpha value is -0.730. The second kappa shape index (κ2) is 7.57. The Kier molecular flexibility index (Phi) is 6.38. The molecule has 0 aromatic heterocycles. The lowest BCUT2D eigenvalue weighted by atomic mass is 10.0. The van der Waals surface area contributed by atoms with Crippen LogP contribution in [0.3, 0.4) is 0 Å². The van der Waals surface area contributed by atoms with Crippen LogP contribution in [0.4, 0.5) is 0 Å². The minimum absolute atomic E-state index is 0.395. The van der Waals surface area contributed by atoms with Gasteiger partial charge in [0.25, 0.3) is 0 Å². The Bertz CT molecular complexity index is 341. The molecule has 0 saturated carbocycles. The van der Waals surface area contributed by atoms with E-state index < -0.39 is 0 Å². The highest BCUT2D eigenvalue weighted by Crippen LogP contribution is 2.29. The summed E-state index contributed by atoms with van der Waals surface area (Å²) < 4.78 is 5.26. The van der Waals surface area contributed by atoms with E-state index in [1.807, 2.05) is 12.1 Å². The standard InChI is InChI=1S/C14H22ClNO/c1-4-6-7-13(16-5-2)11-8-9-12(15)14(10-11)17-3/h8-10,13,16H,4-7H2,1-3H3. The van der Waals surface area contributed by atoms with Crippen molar-refractivity contribution in [3.8, 4) is 5.75 Å². The van der Waals surface area contributed by atoms with Crippen molar-refractivity contribution in [1.82, 2.24) is 5.32 Å². The van der Waals surface area contributed by atoms with Crippen LogP contribution in [0.15, 0.2) is 18.2 Å². The molecule has 1 unspecified atom stereocenters. The maximum Gasteiger partial charge on any atom is 0.137 e. The Labute approximate surface area is 109 Å². The van der Waals surface area contributed by atoms with Gasteiger partial charge in [-0.2, -0.15) is 0 Å². The minimum atomic E-state index is 0.395. The third-order valence-corrected chi connectivity index (χ3v) is 3.19. The largest absolute Gasteiger partial charge is 0.495 e. The number of hydrogen-bond donors (Lipinski definition) is 1. The Morgan fingerprint density at radius 2 is 2.12 bits per heavy atom. The van der Waals surface area contributed by atoms with Gasteiger partial charge in [0.15, 0.2) is 0 Å². The van der Waals surface area contributed by atoms with E-state index in [9.17, 15) is 0 Å². The lowest BCUT2D eigenvalue weighted by Gasteiger charge is -2.19. The third-order valence-electron chi connectivity index (χ3n) is 2.87. The molecule has 0 bridgehead atoms. The zero-order valence-electron chi connectivity index (χ0n) is 10.9. The van der Waals surface area contributed by atoms with E-state index in [4.69, 9.17) is 16.3 Å². The van der Waals surface area contributed by atoms with Gasteiger partial charge in [-0.3, -0.25) is 0 Å². The third kappa shape index (κ3) is 4.21. The van der Waals surface area contributed by atoms with Crippen LogP contribution in [0, 0.1) is 0 Å². The number of ether oxygens (including phenoxy) is 1. The molecule has 3 heteroatoms. The molecule has 1 atom stereocenters. The minimum Gasteiger partial charge on any atom is -0.495 e. The topological polar surface area (TPSA) is 21.3 Å². The van der Waals surface area contributed by atoms with Gasteiger partial charge < -0.3 is 10.1 Å². The summed E-state index contributed by atoms with van der Waals surface area (Å²) in [6, 6.07) is 6.41. The number of nitrogens with one attached hydrogen (secondary N) is 1. The second-order valence-corrected chi connectivity index (χ2v) is 4.55.